The van der Waals surface area contributed by atoms with Crippen LogP contribution in [0.5, 0.6) is 5.75 Å². The van der Waals surface area contributed by atoms with Crippen molar-refractivity contribution in [3.8, 4) is 5.75 Å². The van der Waals surface area contributed by atoms with E-state index in [4.69, 9.17) is 0 Å². The highest BCUT2D eigenvalue weighted by atomic mass is 19.3. The number of carbonyl (C=O) groups excluding carboxylic acids is 2. The molecular formula is C17H23F2N3O3. The third kappa shape index (κ3) is 7.04. The molecule has 2 rings (SSSR count). The van der Waals surface area contributed by atoms with Crippen LogP contribution < -0.4 is 15.4 Å². The summed E-state index contributed by atoms with van der Waals surface area (Å²) in [5.74, 6) is -0.307. The molecule has 0 bridgehead atoms. The molecule has 25 heavy (non-hydrogen) atoms. The predicted molar refractivity (Wildman–Crippen MR) is 88.3 cm³/mol. The molecule has 0 spiro atoms. The molecule has 1 aromatic carbocycles. The first-order chi connectivity index (χ1) is 11.9. The molecule has 8 heteroatoms. The lowest BCUT2D eigenvalue weighted by molar-refractivity contribution is -0.121. The summed E-state index contributed by atoms with van der Waals surface area (Å²) in [4.78, 5) is 25.3. The smallest absolute Gasteiger partial charge is 0.387 e. The average molecular weight is 355 g/mol. The summed E-state index contributed by atoms with van der Waals surface area (Å²) in [5, 5.41) is 5.11. The number of nitrogens with zero attached hydrogens (tertiary/aromatic N) is 1. The van der Waals surface area contributed by atoms with E-state index in [0.717, 1.165) is 31.2 Å². The van der Waals surface area contributed by atoms with Gasteiger partial charge in [0.05, 0.1) is 6.54 Å². The molecular weight excluding hydrogens is 332 g/mol. The number of carbonyl (C=O) groups is 2. The van der Waals surface area contributed by atoms with Gasteiger partial charge in [-0.2, -0.15) is 8.78 Å². The van der Waals surface area contributed by atoms with E-state index in [9.17, 15) is 18.4 Å². The Kier molecular flexibility index (Phi) is 7.12. The lowest BCUT2D eigenvalue weighted by Gasteiger charge is -2.17. The van der Waals surface area contributed by atoms with Crippen LogP contribution in [0.3, 0.4) is 0 Å². The van der Waals surface area contributed by atoms with Crippen molar-refractivity contribution in [1.29, 1.82) is 0 Å². The maximum absolute atomic E-state index is 12.1. The third-order valence-corrected chi connectivity index (χ3v) is 3.96. The van der Waals surface area contributed by atoms with Crippen molar-refractivity contribution < 1.29 is 23.1 Å². The van der Waals surface area contributed by atoms with Crippen molar-refractivity contribution >= 4 is 11.9 Å². The number of benzene rings is 1. The molecule has 0 radical (unpaired) electrons. The van der Waals surface area contributed by atoms with E-state index in [1.54, 1.807) is 24.1 Å². The maximum Gasteiger partial charge on any atom is 0.387 e. The predicted octanol–water partition coefficient (Wildman–Crippen LogP) is 2.49. The van der Waals surface area contributed by atoms with Gasteiger partial charge in [-0.05, 0) is 37.6 Å². The molecule has 0 heterocycles. The topological polar surface area (TPSA) is 70.7 Å². The monoisotopic (exact) mass is 355 g/mol. The van der Waals surface area contributed by atoms with Gasteiger partial charge < -0.3 is 10.1 Å². The molecule has 0 saturated heterocycles. The molecule has 1 aromatic rings. The summed E-state index contributed by atoms with van der Waals surface area (Å²) in [5.41, 5.74) is 0.840. The first-order valence-electron chi connectivity index (χ1n) is 8.25. The van der Waals surface area contributed by atoms with Gasteiger partial charge in [0.2, 0.25) is 5.91 Å². The highest BCUT2D eigenvalue weighted by Gasteiger charge is 2.18. The Hall–Kier alpha value is -2.22. The molecule has 138 valence electrons. The van der Waals surface area contributed by atoms with Crippen LogP contribution in [0, 0.1) is 0 Å². The number of alkyl halides is 2. The molecule has 6 nitrogen and oxygen atoms in total. The van der Waals surface area contributed by atoms with Crippen LogP contribution in [0.25, 0.3) is 0 Å². The fourth-order valence-electron chi connectivity index (χ4n) is 2.85. The average Bonchev–Trinajstić information content (AvgIpc) is 3.01. The van der Waals surface area contributed by atoms with Gasteiger partial charge in [-0.25, -0.2) is 4.79 Å². The number of rotatable bonds is 7. The van der Waals surface area contributed by atoms with Gasteiger partial charge in [0, 0.05) is 12.6 Å². The van der Waals surface area contributed by atoms with Crippen LogP contribution in [0.1, 0.15) is 31.2 Å². The van der Waals surface area contributed by atoms with E-state index >= 15 is 0 Å². The van der Waals surface area contributed by atoms with Gasteiger partial charge >= 0.3 is 12.6 Å². The van der Waals surface area contributed by atoms with Crippen molar-refractivity contribution in [3.63, 3.8) is 0 Å². The van der Waals surface area contributed by atoms with Crippen molar-refractivity contribution in [3.05, 3.63) is 29.8 Å². The van der Waals surface area contributed by atoms with Crippen LogP contribution in [0.4, 0.5) is 13.6 Å². The zero-order valence-electron chi connectivity index (χ0n) is 14.1. The second-order valence-corrected chi connectivity index (χ2v) is 6.20. The number of ether oxygens (including phenoxy) is 1. The van der Waals surface area contributed by atoms with Crippen LogP contribution >= 0.6 is 0 Å². The number of imide groups is 1. The highest BCUT2D eigenvalue weighted by molar-refractivity contribution is 5.95. The van der Waals surface area contributed by atoms with Gasteiger partial charge in [-0.3, -0.25) is 15.0 Å². The normalized spacial score (nSPS) is 14.8. The SMILES string of the molecule is CN(CC(=O)NC(=O)NC1CCCC1)Cc1ccc(OC(F)F)cc1. The summed E-state index contributed by atoms with van der Waals surface area (Å²) in [6.45, 7) is -2.37. The summed E-state index contributed by atoms with van der Waals surface area (Å²) < 4.78 is 28.5. The second-order valence-electron chi connectivity index (χ2n) is 6.20. The largest absolute Gasteiger partial charge is 0.435 e. The Bertz CT molecular complexity index is 575. The first kappa shape index (κ1) is 19.1. The summed E-state index contributed by atoms with van der Waals surface area (Å²) >= 11 is 0. The summed E-state index contributed by atoms with van der Waals surface area (Å²) in [7, 11) is 1.73. The van der Waals surface area contributed by atoms with Crippen molar-refractivity contribution in [2.24, 2.45) is 0 Å². The van der Waals surface area contributed by atoms with E-state index in [0.29, 0.717) is 6.54 Å². The molecule has 0 atom stereocenters. The van der Waals surface area contributed by atoms with E-state index < -0.39 is 18.5 Å². The molecule has 1 aliphatic rings. The first-order valence-corrected chi connectivity index (χ1v) is 8.25. The molecule has 2 N–H and O–H groups in total. The number of nitrogens with one attached hydrogen (secondary N) is 2. The molecule has 0 unspecified atom stereocenters. The van der Waals surface area contributed by atoms with E-state index in [1.165, 1.54) is 12.1 Å². The van der Waals surface area contributed by atoms with Crippen molar-refractivity contribution in [2.75, 3.05) is 13.6 Å². The van der Waals surface area contributed by atoms with Gasteiger partial charge in [-0.15, -0.1) is 0 Å². The van der Waals surface area contributed by atoms with Crippen molar-refractivity contribution in [1.82, 2.24) is 15.5 Å². The quantitative estimate of drug-likeness (QED) is 0.788. The highest BCUT2D eigenvalue weighted by Crippen LogP contribution is 2.17. The van der Waals surface area contributed by atoms with Crippen LogP contribution in [0.15, 0.2) is 24.3 Å². The van der Waals surface area contributed by atoms with Crippen LogP contribution in [-0.4, -0.2) is 43.1 Å². The molecule has 3 amide bonds. The van der Waals surface area contributed by atoms with E-state index in [1.807, 2.05) is 0 Å². The zero-order chi connectivity index (χ0) is 18.2. The van der Waals surface area contributed by atoms with E-state index in [2.05, 4.69) is 15.4 Å². The number of hydrogen-bond donors (Lipinski definition) is 2. The van der Waals surface area contributed by atoms with Crippen LogP contribution in [-0.2, 0) is 11.3 Å². The minimum atomic E-state index is -2.85. The number of hydrogen-bond acceptors (Lipinski definition) is 4. The van der Waals surface area contributed by atoms with Crippen LogP contribution in [0.2, 0.25) is 0 Å². The summed E-state index contributed by atoms with van der Waals surface area (Å²) in [6, 6.07) is 5.89. The Labute approximate surface area is 145 Å². The second kappa shape index (κ2) is 9.31. The lowest BCUT2D eigenvalue weighted by atomic mass is 10.2. The Morgan fingerprint density at radius 1 is 1.24 bits per heavy atom. The Morgan fingerprint density at radius 2 is 1.88 bits per heavy atom. The fourth-order valence-corrected chi connectivity index (χ4v) is 2.85. The zero-order valence-corrected chi connectivity index (χ0v) is 14.1. The number of amides is 3. The minimum Gasteiger partial charge on any atom is -0.435 e. The molecule has 1 fully saturated rings. The fraction of sp³-hybridized carbons (Fsp3) is 0.529. The molecule has 1 aliphatic carbocycles. The molecule has 1 saturated carbocycles. The van der Waals surface area contributed by atoms with Crippen molar-refractivity contribution in [2.45, 2.75) is 44.9 Å². The molecule has 0 aromatic heterocycles. The Morgan fingerprint density at radius 3 is 2.48 bits per heavy atom. The minimum absolute atomic E-state index is 0.0490. The van der Waals surface area contributed by atoms with Gasteiger partial charge in [0.25, 0.3) is 0 Å². The third-order valence-electron chi connectivity index (χ3n) is 3.96. The van der Waals surface area contributed by atoms with Gasteiger partial charge in [-0.1, -0.05) is 25.0 Å². The Balaban J connectivity index is 1.72. The maximum atomic E-state index is 12.1. The van der Waals surface area contributed by atoms with E-state index in [-0.39, 0.29) is 18.3 Å². The van der Waals surface area contributed by atoms with Gasteiger partial charge in [0.15, 0.2) is 0 Å². The summed E-state index contributed by atoms with van der Waals surface area (Å²) in [6.07, 6.45) is 4.10. The standard InChI is InChI=1S/C17H23F2N3O3/c1-22(10-12-6-8-14(9-7-12)25-16(18)19)11-15(23)21-17(24)20-13-4-2-3-5-13/h6-9,13,16H,2-5,10-11H2,1H3,(H2,20,21,23,24). The lowest BCUT2D eigenvalue weighted by Crippen LogP contribution is -2.46. The number of urea groups is 1. The van der Waals surface area contributed by atoms with Gasteiger partial charge in [0.1, 0.15) is 5.75 Å². The number of halogens is 2. The number of likely N-dealkylation sites (N-methyl/N-ethyl adjacent to an activating group) is 1. The molecule has 0 aliphatic heterocycles.